The maximum absolute atomic E-state index is 11.2. The topological polar surface area (TPSA) is 89.3 Å². The molecule has 0 amide bonds. The molecule has 0 aliphatic heterocycles. The minimum Gasteiger partial charge on any atom is -0.480 e. The van der Waals surface area contributed by atoms with Crippen LogP contribution in [0.25, 0.3) is 6.08 Å². The van der Waals surface area contributed by atoms with E-state index in [1.54, 1.807) is 18.2 Å². The van der Waals surface area contributed by atoms with E-state index in [9.17, 15) is 4.79 Å². The van der Waals surface area contributed by atoms with Crippen LogP contribution in [0.4, 0.5) is 5.69 Å². The summed E-state index contributed by atoms with van der Waals surface area (Å²) < 4.78 is 0. The Morgan fingerprint density at radius 2 is 2.20 bits per heavy atom. The van der Waals surface area contributed by atoms with Crippen LogP contribution in [-0.2, 0) is 10.3 Å². The second-order valence-electron chi connectivity index (χ2n) is 3.69. The van der Waals surface area contributed by atoms with Gasteiger partial charge in [0, 0.05) is 11.3 Å². The Morgan fingerprint density at radius 3 is 2.87 bits per heavy atom. The van der Waals surface area contributed by atoms with Gasteiger partial charge < -0.3 is 16.6 Å². The smallest absolute Gasteiger partial charge is 0.328 e. The molecule has 2 rings (SSSR count). The maximum Gasteiger partial charge on any atom is 0.328 e. The van der Waals surface area contributed by atoms with Crippen LogP contribution in [0.15, 0.2) is 24.3 Å². The van der Waals surface area contributed by atoms with Crippen molar-refractivity contribution in [2.75, 3.05) is 5.73 Å². The van der Waals surface area contributed by atoms with Gasteiger partial charge in [-0.1, -0.05) is 24.3 Å². The van der Waals surface area contributed by atoms with Gasteiger partial charge in [-0.2, -0.15) is 0 Å². The number of fused-ring (bicyclic) bond motifs is 1. The lowest BCUT2D eigenvalue weighted by atomic mass is 9.80. The summed E-state index contributed by atoms with van der Waals surface area (Å²) >= 11 is 0. The fraction of sp³-hybridized carbons (Fsp3) is 0.182. The van der Waals surface area contributed by atoms with Crippen molar-refractivity contribution in [2.24, 2.45) is 5.73 Å². The van der Waals surface area contributed by atoms with Crippen molar-refractivity contribution in [1.82, 2.24) is 0 Å². The van der Waals surface area contributed by atoms with E-state index in [4.69, 9.17) is 16.6 Å². The van der Waals surface area contributed by atoms with E-state index in [1.807, 2.05) is 12.1 Å². The van der Waals surface area contributed by atoms with E-state index in [2.05, 4.69) is 0 Å². The van der Waals surface area contributed by atoms with E-state index in [0.29, 0.717) is 11.3 Å². The summed E-state index contributed by atoms with van der Waals surface area (Å²) in [5, 5.41) is 9.15. The second-order valence-corrected chi connectivity index (χ2v) is 3.69. The highest BCUT2D eigenvalue weighted by atomic mass is 16.4. The molecule has 0 bridgehead atoms. The third kappa shape index (κ3) is 1.30. The molecule has 1 aliphatic carbocycles. The second kappa shape index (κ2) is 3.10. The van der Waals surface area contributed by atoms with Gasteiger partial charge >= 0.3 is 5.97 Å². The number of benzene rings is 1. The van der Waals surface area contributed by atoms with Crippen molar-refractivity contribution >= 4 is 17.7 Å². The number of nitrogen functional groups attached to an aromatic ring is 1. The van der Waals surface area contributed by atoms with Gasteiger partial charge in [0.2, 0.25) is 0 Å². The third-order valence-corrected chi connectivity index (χ3v) is 2.69. The van der Waals surface area contributed by atoms with E-state index in [0.717, 1.165) is 5.56 Å². The molecule has 0 aromatic heterocycles. The van der Waals surface area contributed by atoms with Crippen molar-refractivity contribution < 1.29 is 9.90 Å². The highest BCUT2D eigenvalue weighted by molar-refractivity contribution is 5.87. The van der Waals surface area contributed by atoms with Crippen LogP contribution in [0, 0.1) is 0 Å². The minimum absolute atomic E-state index is 0.267. The Bertz CT molecular complexity index is 454. The zero-order valence-corrected chi connectivity index (χ0v) is 8.10. The summed E-state index contributed by atoms with van der Waals surface area (Å²) in [5.74, 6) is -1.05. The zero-order chi connectivity index (χ0) is 11.1. The first-order chi connectivity index (χ1) is 7.05. The van der Waals surface area contributed by atoms with E-state index in [-0.39, 0.29) is 6.42 Å². The quantitative estimate of drug-likeness (QED) is 0.593. The summed E-state index contributed by atoms with van der Waals surface area (Å²) in [6.45, 7) is 0. The summed E-state index contributed by atoms with van der Waals surface area (Å²) in [7, 11) is 0. The van der Waals surface area contributed by atoms with Crippen LogP contribution in [0.3, 0.4) is 0 Å². The lowest BCUT2D eigenvalue weighted by Crippen LogP contribution is -2.46. The number of nitrogens with two attached hydrogens (primary N) is 2. The Labute approximate surface area is 87.2 Å². The van der Waals surface area contributed by atoms with E-state index in [1.165, 1.54) is 0 Å². The number of carboxylic acid groups (broad SMARTS) is 1. The van der Waals surface area contributed by atoms with Crippen molar-refractivity contribution in [3.8, 4) is 0 Å². The zero-order valence-electron chi connectivity index (χ0n) is 8.10. The highest BCUT2D eigenvalue weighted by Crippen LogP contribution is 2.35. The van der Waals surface area contributed by atoms with Gasteiger partial charge in [0.05, 0.1) is 0 Å². The molecule has 1 aromatic carbocycles. The minimum atomic E-state index is -1.39. The van der Waals surface area contributed by atoms with E-state index < -0.39 is 11.5 Å². The fourth-order valence-electron chi connectivity index (χ4n) is 1.91. The van der Waals surface area contributed by atoms with Crippen LogP contribution in [0.1, 0.15) is 17.5 Å². The monoisotopic (exact) mass is 204 g/mol. The van der Waals surface area contributed by atoms with Crippen LogP contribution in [0.5, 0.6) is 0 Å². The van der Waals surface area contributed by atoms with Gasteiger partial charge in [-0.15, -0.1) is 0 Å². The molecule has 0 radical (unpaired) electrons. The molecular formula is C11H12N2O2. The largest absolute Gasteiger partial charge is 0.480 e. The Kier molecular flexibility index (Phi) is 2.01. The first-order valence-corrected chi connectivity index (χ1v) is 4.63. The molecule has 0 spiro atoms. The first kappa shape index (κ1) is 9.73. The summed E-state index contributed by atoms with van der Waals surface area (Å²) in [6, 6.07) is 5.26. The predicted molar refractivity (Wildman–Crippen MR) is 58.0 cm³/mol. The summed E-state index contributed by atoms with van der Waals surface area (Å²) in [4.78, 5) is 11.2. The predicted octanol–water partition coefficient (Wildman–Crippen LogP) is 0.924. The molecule has 0 saturated heterocycles. The SMILES string of the molecule is Nc1cccc2c1C(N)(C(=O)O)CC=C2. The highest BCUT2D eigenvalue weighted by Gasteiger charge is 2.39. The van der Waals surface area contributed by atoms with Gasteiger partial charge in [-0.05, 0) is 18.1 Å². The molecule has 1 aliphatic rings. The van der Waals surface area contributed by atoms with Gasteiger partial charge in [-0.25, -0.2) is 4.79 Å². The van der Waals surface area contributed by atoms with Crippen molar-refractivity contribution in [1.29, 1.82) is 0 Å². The molecule has 5 N–H and O–H groups in total. The van der Waals surface area contributed by atoms with E-state index >= 15 is 0 Å². The van der Waals surface area contributed by atoms with Crippen molar-refractivity contribution in [3.63, 3.8) is 0 Å². The molecule has 0 fully saturated rings. The van der Waals surface area contributed by atoms with Gasteiger partial charge in [0.15, 0.2) is 0 Å². The Morgan fingerprint density at radius 1 is 1.47 bits per heavy atom. The number of anilines is 1. The molecule has 0 heterocycles. The normalized spacial score (nSPS) is 23.5. The molecule has 15 heavy (non-hydrogen) atoms. The third-order valence-electron chi connectivity index (χ3n) is 2.69. The van der Waals surface area contributed by atoms with Crippen molar-refractivity contribution in [2.45, 2.75) is 12.0 Å². The molecular weight excluding hydrogens is 192 g/mol. The van der Waals surface area contributed by atoms with Gasteiger partial charge in [0.25, 0.3) is 0 Å². The number of carboxylic acids is 1. The number of hydrogen-bond acceptors (Lipinski definition) is 3. The standard InChI is InChI=1S/C11H12N2O2/c12-8-5-1-3-7-4-2-6-11(13,9(7)8)10(14)15/h1-5H,6,12-13H2,(H,14,15). The van der Waals surface area contributed by atoms with Crippen LogP contribution < -0.4 is 11.5 Å². The van der Waals surface area contributed by atoms with Crippen LogP contribution in [0.2, 0.25) is 0 Å². The first-order valence-electron chi connectivity index (χ1n) is 4.63. The lowest BCUT2D eigenvalue weighted by Gasteiger charge is -2.29. The molecule has 4 heteroatoms. The van der Waals surface area contributed by atoms with Gasteiger partial charge in [-0.3, -0.25) is 0 Å². The Hall–Kier alpha value is -1.81. The van der Waals surface area contributed by atoms with Crippen molar-refractivity contribution in [3.05, 3.63) is 35.4 Å². The number of hydrogen-bond donors (Lipinski definition) is 3. The summed E-state index contributed by atoms with van der Waals surface area (Å²) in [5.41, 5.74) is 12.0. The number of rotatable bonds is 1. The van der Waals surface area contributed by atoms with Crippen LogP contribution >= 0.6 is 0 Å². The number of carbonyl (C=O) groups is 1. The molecule has 1 atom stereocenters. The Balaban J connectivity index is 2.70. The molecule has 4 nitrogen and oxygen atoms in total. The lowest BCUT2D eigenvalue weighted by molar-refractivity contribution is -0.143. The molecule has 1 unspecified atom stereocenters. The average Bonchev–Trinajstić information content (AvgIpc) is 2.17. The summed E-state index contributed by atoms with van der Waals surface area (Å²) in [6.07, 6.45) is 3.87. The van der Waals surface area contributed by atoms with Crippen LogP contribution in [-0.4, -0.2) is 11.1 Å². The fourth-order valence-corrected chi connectivity index (χ4v) is 1.91. The maximum atomic E-state index is 11.2. The average molecular weight is 204 g/mol. The molecule has 0 saturated carbocycles. The molecule has 78 valence electrons. The molecule has 1 aromatic rings. The van der Waals surface area contributed by atoms with Gasteiger partial charge in [0.1, 0.15) is 5.54 Å². The number of aliphatic carboxylic acids is 1.